The molecule has 0 saturated carbocycles. The zero-order valence-corrected chi connectivity index (χ0v) is 13.0. The Balaban J connectivity index is 1.77. The molecule has 6 heteroatoms. The van der Waals surface area contributed by atoms with Gasteiger partial charge in [0.1, 0.15) is 6.26 Å². The van der Waals surface area contributed by atoms with Crippen LogP contribution in [0.25, 0.3) is 0 Å². The SMILES string of the molecule is CC(C)C(N)c1nc(C(=O)NCCN2CCCCC2)co1. The van der Waals surface area contributed by atoms with Crippen LogP contribution in [0.5, 0.6) is 0 Å². The fourth-order valence-corrected chi connectivity index (χ4v) is 2.43. The maximum atomic E-state index is 12.0. The van der Waals surface area contributed by atoms with E-state index in [9.17, 15) is 4.79 Å². The third-order valence-electron chi connectivity index (χ3n) is 3.92. The summed E-state index contributed by atoms with van der Waals surface area (Å²) in [6, 6.07) is -0.278. The molecule has 1 unspecified atom stereocenters. The van der Waals surface area contributed by atoms with Crippen LogP contribution in [0.1, 0.15) is 55.5 Å². The summed E-state index contributed by atoms with van der Waals surface area (Å²) < 4.78 is 5.30. The van der Waals surface area contributed by atoms with Crippen molar-refractivity contribution in [1.82, 2.24) is 15.2 Å². The largest absolute Gasteiger partial charge is 0.446 e. The predicted octanol–water partition coefficient (Wildman–Crippen LogP) is 1.55. The number of rotatable bonds is 6. The molecule has 0 bridgehead atoms. The van der Waals surface area contributed by atoms with Crippen LogP contribution in [0.3, 0.4) is 0 Å². The molecular formula is C15H26N4O2. The van der Waals surface area contributed by atoms with Gasteiger partial charge in [-0.05, 0) is 31.8 Å². The van der Waals surface area contributed by atoms with E-state index >= 15 is 0 Å². The third kappa shape index (κ3) is 4.54. The molecule has 1 aromatic rings. The molecule has 118 valence electrons. The Labute approximate surface area is 126 Å². The van der Waals surface area contributed by atoms with E-state index in [1.807, 2.05) is 13.8 Å². The number of hydrogen-bond donors (Lipinski definition) is 2. The van der Waals surface area contributed by atoms with Crippen molar-refractivity contribution >= 4 is 5.91 Å². The van der Waals surface area contributed by atoms with Gasteiger partial charge in [-0.2, -0.15) is 0 Å². The molecule has 0 radical (unpaired) electrons. The molecule has 2 rings (SSSR count). The predicted molar refractivity (Wildman–Crippen MR) is 80.9 cm³/mol. The van der Waals surface area contributed by atoms with Crippen LogP contribution in [0.2, 0.25) is 0 Å². The Hall–Kier alpha value is -1.40. The molecule has 1 saturated heterocycles. The summed E-state index contributed by atoms with van der Waals surface area (Å²) >= 11 is 0. The fraction of sp³-hybridized carbons (Fsp3) is 0.733. The summed E-state index contributed by atoms with van der Waals surface area (Å²) in [5, 5.41) is 2.88. The second kappa shape index (κ2) is 7.56. The van der Waals surface area contributed by atoms with E-state index in [-0.39, 0.29) is 17.9 Å². The number of oxazole rings is 1. The smallest absolute Gasteiger partial charge is 0.273 e. The van der Waals surface area contributed by atoms with Crippen molar-refractivity contribution in [2.24, 2.45) is 11.7 Å². The van der Waals surface area contributed by atoms with Crippen LogP contribution >= 0.6 is 0 Å². The second-order valence-electron chi connectivity index (χ2n) is 6.00. The van der Waals surface area contributed by atoms with Crippen molar-refractivity contribution in [3.63, 3.8) is 0 Å². The van der Waals surface area contributed by atoms with E-state index in [2.05, 4.69) is 15.2 Å². The van der Waals surface area contributed by atoms with Crippen molar-refractivity contribution in [3.8, 4) is 0 Å². The summed E-state index contributed by atoms with van der Waals surface area (Å²) in [6.07, 6.45) is 5.22. The first-order valence-electron chi connectivity index (χ1n) is 7.79. The minimum Gasteiger partial charge on any atom is -0.446 e. The number of carbonyl (C=O) groups excluding carboxylic acids is 1. The second-order valence-corrected chi connectivity index (χ2v) is 6.00. The van der Waals surface area contributed by atoms with Crippen LogP contribution in [0.15, 0.2) is 10.7 Å². The first-order valence-corrected chi connectivity index (χ1v) is 7.79. The van der Waals surface area contributed by atoms with Gasteiger partial charge in [0.2, 0.25) is 5.89 Å². The number of likely N-dealkylation sites (tertiary alicyclic amines) is 1. The highest BCUT2D eigenvalue weighted by Gasteiger charge is 2.19. The molecule has 2 heterocycles. The summed E-state index contributed by atoms with van der Waals surface area (Å²) in [5.41, 5.74) is 6.26. The molecule has 1 amide bonds. The molecule has 1 fully saturated rings. The Kier molecular flexibility index (Phi) is 5.76. The fourth-order valence-electron chi connectivity index (χ4n) is 2.43. The number of carbonyl (C=O) groups is 1. The summed E-state index contributed by atoms with van der Waals surface area (Å²) in [5.74, 6) is 0.447. The highest BCUT2D eigenvalue weighted by Crippen LogP contribution is 2.17. The third-order valence-corrected chi connectivity index (χ3v) is 3.92. The average molecular weight is 294 g/mol. The summed E-state index contributed by atoms with van der Waals surface area (Å²) in [6.45, 7) is 7.78. The maximum absolute atomic E-state index is 12.0. The Morgan fingerprint density at radius 2 is 2.14 bits per heavy atom. The molecule has 0 aliphatic carbocycles. The topological polar surface area (TPSA) is 84.4 Å². The molecule has 3 N–H and O–H groups in total. The molecule has 0 aromatic carbocycles. The van der Waals surface area contributed by atoms with E-state index in [1.54, 1.807) is 0 Å². The lowest BCUT2D eigenvalue weighted by Crippen LogP contribution is -2.37. The molecule has 21 heavy (non-hydrogen) atoms. The van der Waals surface area contributed by atoms with Gasteiger partial charge in [0.25, 0.3) is 5.91 Å². The van der Waals surface area contributed by atoms with Crippen molar-refractivity contribution in [3.05, 3.63) is 17.8 Å². The quantitative estimate of drug-likeness (QED) is 0.831. The lowest BCUT2D eigenvalue weighted by Gasteiger charge is -2.26. The number of piperidine rings is 1. The maximum Gasteiger partial charge on any atom is 0.273 e. The van der Waals surface area contributed by atoms with E-state index < -0.39 is 0 Å². The van der Waals surface area contributed by atoms with Crippen LogP contribution < -0.4 is 11.1 Å². The number of amides is 1. The molecule has 6 nitrogen and oxygen atoms in total. The zero-order valence-electron chi connectivity index (χ0n) is 13.0. The van der Waals surface area contributed by atoms with Crippen molar-refractivity contribution in [1.29, 1.82) is 0 Å². The van der Waals surface area contributed by atoms with Crippen molar-refractivity contribution in [2.45, 2.75) is 39.2 Å². The van der Waals surface area contributed by atoms with E-state index in [1.165, 1.54) is 25.5 Å². The number of nitrogens with one attached hydrogen (secondary N) is 1. The Morgan fingerprint density at radius 3 is 2.81 bits per heavy atom. The van der Waals surface area contributed by atoms with Crippen LogP contribution in [-0.2, 0) is 0 Å². The minimum atomic E-state index is -0.278. The van der Waals surface area contributed by atoms with Gasteiger partial charge in [0.15, 0.2) is 5.69 Å². The van der Waals surface area contributed by atoms with Crippen LogP contribution in [0, 0.1) is 5.92 Å². The normalized spacial score (nSPS) is 17.9. The zero-order chi connectivity index (χ0) is 15.2. The molecule has 1 aliphatic heterocycles. The van der Waals surface area contributed by atoms with Gasteiger partial charge in [-0.25, -0.2) is 4.98 Å². The van der Waals surface area contributed by atoms with Gasteiger partial charge >= 0.3 is 0 Å². The number of hydrogen-bond acceptors (Lipinski definition) is 5. The van der Waals surface area contributed by atoms with Gasteiger partial charge in [0, 0.05) is 13.1 Å². The summed E-state index contributed by atoms with van der Waals surface area (Å²) in [4.78, 5) is 18.6. The molecule has 0 spiro atoms. The Morgan fingerprint density at radius 1 is 1.43 bits per heavy atom. The van der Waals surface area contributed by atoms with E-state index in [0.29, 0.717) is 18.1 Å². The lowest BCUT2D eigenvalue weighted by atomic mass is 10.1. The number of nitrogens with two attached hydrogens (primary N) is 1. The van der Waals surface area contributed by atoms with Gasteiger partial charge in [0.05, 0.1) is 6.04 Å². The van der Waals surface area contributed by atoms with Crippen LogP contribution in [0.4, 0.5) is 0 Å². The Bertz CT molecular complexity index is 452. The standard InChI is InChI=1S/C15H26N4O2/c1-11(2)13(16)15-18-12(10-21-15)14(20)17-6-9-19-7-4-3-5-8-19/h10-11,13H,3-9,16H2,1-2H3,(H,17,20). The number of aromatic nitrogens is 1. The van der Waals surface area contributed by atoms with Gasteiger partial charge < -0.3 is 20.4 Å². The highest BCUT2D eigenvalue weighted by atomic mass is 16.3. The van der Waals surface area contributed by atoms with Gasteiger partial charge in [-0.1, -0.05) is 20.3 Å². The highest BCUT2D eigenvalue weighted by molar-refractivity contribution is 5.91. The molecule has 1 aliphatic rings. The van der Waals surface area contributed by atoms with E-state index in [4.69, 9.17) is 10.2 Å². The van der Waals surface area contributed by atoms with Crippen LogP contribution in [-0.4, -0.2) is 42.0 Å². The van der Waals surface area contributed by atoms with Crippen molar-refractivity contribution in [2.75, 3.05) is 26.2 Å². The monoisotopic (exact) mass is 294 g/mol. The molecule has 1 aromatic heterocycles. The first kappa shape index (κ1) is 16.0. The van der Waals surface area contributed by atoms with Gasteiger partial charge in [-0.3, -0.25) is 4.79 Å². The molecule has 1 atom stereocenters. The average Bonchev–Trinajstić information content (AvgIpc) is 2.97. The minimum absolute atomic E-state index is 0.196. The molecular weight excluding hydrogens is 268 g/mol. The lowest BCUT2D eigenvalue weighted by molar-refractivity contribution is 0.0941. The number of nitrogens with zero attached hydrogens (tertiary/aromatic N) is 2. The van der Waals surface area contributed by atoms with Gasteiger partial charge in [-0.15, -0.1) is 0 Å². The summed E-state index contributed by atoms with van der Waals surface area (Å²) in [7, 11) is 0. The van der Waals surface area contributed by atoms with E-state index in [0.717, 1.165) is 19.6 Å². The van der Waals surface area contributed by atoms with Crippen molar-refractivity contribution < 1.29 is 9.21 Å². The first-order chi connectivity index (χ1) is 10.1.